The Kier molecular flexibility index (Phi) is 3.31. The van der Waals surface area contributed by atoms with Gasteiger partial charge < -0.3 is 24.1 Å². The Morgan fingerprint density at radius 3 is 2.43 bits per heavy atom. The Bertz CT molecular complexity index is 805. The van der Waals surface area contributed by atoms with E-state index in [-0.39, 0.29) is 13.6 Å². The Morgan fingerprint density at radius 2 is 1.70 bits per heavy atom. The molecule has 2 aliphatic rings. The van der Waals surface area contributed by atoms with E-state index >= 15 is 0 Å². The number of aliphatic hydroxyl groups is 1. The maximum Gasteiger partial charge on any atom is 0.230 e. The topological polar surface area (TPSA) is 57.2 Å². The van der Waals surface area contributed by atoms with Gasteiger partial charge in [0.05, 0.1) is 16.9 Å². The van der Waals surface area contributed by atoms with Crippen molar-refractivity contribution in [1.82, 2.24) is 0 Å². The van der Waals surface area contributed by atoms with Gasteiger partial charge in [-0.1, -0.05) is 11.6 Å². The highest BCUT2D eigenvalue weighted by Gasteiger charge is 2.28. The Balaban J connectivity index is 1.93. The fourth-order valence-electron chi connectivity index (χ4n) is 3.00. The van der Waals surface area contributed by atoms with Gasteiger partial charge in [-0.3, -0.25) is 0 Å². The number of benzene rings is 2. The van der Waals surface area contributed by atoms with E-state index < -0.39 is 6.10 Å². The summed E-state index contributed by atoms with van der Waals surface area (Å²) in [6.45, 7) is 4.31. The second kappa shape index (κ2) is 5.35. The number of hydrogen-bond acceptors (Lipinski definition) is 5. The fraction of sp³-hybridized carbons (Fsp3) is 0.333. The Morgan fingerprint density at radius 1 is 1.04 bits per heavy atom. The first-order valence-electron chi connectivity index (χ1n) is 7.61. The highest BCUT2D eigenvalue weighted by atomic mass is 16.7. The first-order valence-corrected chi connectivity index (χ1v) is 7.61. The van der Waals surface area contributed by atoms with Crippen LogP contribution in [0.5, 0.6) is 23.0 Å². The van der Waals surface area contributed by atoms with Crippen molar-refractivity contribution in [3.05, 3.63) is 35.4 Å². The third-order valence-corrected chi connectivity index (χ3v) is 4.11. The molecule has 0 amide bonds. The molecule has 0 unspecified atom stereocenters. The van der Waals surface area contributed by atoms with Gasteiger partial charge in [-0.25, -0.2) is 0 Å². The van der Waals surface area contributed by atoms with E-state index in [9.17, 15) is 5.11 Å². The Labute approximate surface area is 134 Å². The quantitative estimate of drug-likeness (QED) is 0.876. The summed E-state index contributed by atoms with van der Waals surface area (Å²) < 4.78 is 22.5. The number of rotatable bonds is 3. The molecule has 0 bridgehead atoms. The van der Waals surface area contributed by atoms with Crippen molar-refractivity contribution in [2.24, 2.45) is 0 Å². The predicted molar refractivity (Wildman–Crippen MR) is 85.2 cm³/mol. The average Bonchev–Trinajstić information content (AvgIpc) is 2.57. The molecule has 0 fully saturated rings. The minimum atomic E-state index is -0.665. The third-order valence-electron chi connectivity index (χ3n) is 4.11. The first-order chi connectivity index (χ1) is 11.1. The lowest BCUT2D eigenvalue weighted by atomic mass is 9.96. The van der Waals surface area contributed by atoms with E-state index in [1.54, 1.807) is 0 Å². The summed E-state index contributed by atoms with van der Waals surface area (Å²) in [5.41, 5.74) is 1.88. The van der Waals surface area contributed by atoms with Crippen LogP contribution in [0.3, 0.4) is 0 Å². The van der Waals surface area contributed by atoms with Crippen LogP contribution < -0.4 is 18.9 Å². The summed E-state index contributed by atoms with van der Waals surface area (Å²) in [6, 6.07) is 5.59. The second-order valence-corrected chi connectivity index (χ2v) is 5.95. The van der Waals surface area contributed by atoms with Crippen molar-refractivity contribution in [3.63, 3.8) is 0 Å². The van der Waals surface area contributed by atoms with E-state index in [0.29, 0.717) is 23.5 Å². The Hall–Kier alpha value is -2.40. The molecule has 5 heteroatoms. The smallest absolute Gasteiger partial charge is 0.230 e. The van der Waals surface area contributed by atoms with Crippen LogP contribution in [0.25, 0.3) is 10.8 Å². The molecule has 0 saturated carbocycles. The van der Waals surface area contributed by atoms with Crippen LogP contribution in [0.1, 0.15) is 31.9 Å². The van der Waals surface area contributed by atoms with Crippen molar-refractivity contribution in [1.29, 1.82) is 0 Å². The second-order valence-electron chi connectivity index (χ2n) is 5.95. The molecule has 1 N–H and O–H groups in total. The lowest BCUT2D eigenvalue weighted by Crippen LogP contribution is -2.17. The molecule has 120 valence electrons. The highest BCUT2D eigenvalue weighted by molar-refractivity contribution is 6.03. The van der Waals surface area contributed by atoms with Gasteiger partial charge in [-0.2, -0.15) is 0 Å². The number of allylic oxidation sites excluding steroid dienone is 1. The summed E-state index contributed by atoms with van der Waals surface area (Å²) >= 11 is 0. The van der Waals surface area contributed by atoms with Gasteiger partial charge in [0.15, 0.2) is 0 Å². The largest absolute Gasteiger partial charge is 0.457 e. The SMILES string of the molecule is CC(C)=CC[C@H](O)c1cc2c3c(ccc4c3c1OCO4)OCO2. The average molecular weight is 314 g/mol. The maximum atomic E-state index is 10.6. The molecule has 23 heavy (non-hydrogen) atoms. The lowest BCUT2D eigenvalue weighted by molar-refractivity contribution is 0.0975. The summed E-state index contributed by atoms with van der Waals surface area (Å²) in [6.07, 6.45) is 1.87. The maximum absolute atomic E-state index is 10.6. The van der Waals surface area contributed by atoms with Crippen molar-refractivity contribution in [3.8, 4) is 23.0 Å². The molecular weight excluding hydrogens is 296 g/mol. The van der Waals surface area contributed by atoms with Gasteiger partial charge in [-0.05, 0) is 38.5 Å². The molecular formula is C18H18O5. The molecule has 4 rings (SSSR count). The highest BCUT2D eigenvalue weighted by Crippen LogP contribution is 2.50. The molecule has 2 aromatic rings. The lowest BCUT2D eigenvalue weighted by Gasteiger charge is -2.28. The van der Waals surface area contributed by atoms with Gasteiger partial charge in [-0.15, -0.1) is 0 Å². The van der Waals surface area contributed by atoms with E-state index in [1.165, 1.54) is 0 Å². The summed E-state index contributed by atoms with van der Waals surface area (Å²) in [5, 5.41) is 12.2. The van der Waals surface area contributed by atoms with Crippen LogP contribution in [0, 0.1) is 0 Å². The fourth-order valence-corrected chi connectivity index (χ4v) is 3.00. The zero-order valence-electron chi connectivity index (χ0n) is 13.1. The molecule has 0 aliphatic carbocycles. The summed E-state index contributed by atoms with van der Waals surface area (Å²) in [7, 11) is 0. The number of ether oxygens (including phenoxy) is 4. The van der Waals surface area contributed by atoms with Crippen molar-refractivity contribution in [2.75, 3.05) is 13.6 Å². The zero-order chi connectivity index (χ0) is 16.0. The van der Waals surface area contributed by atoms with Crippen LogP contribution in [-0.4, -0.2) is 18.7 Å². The minimum Gasteiger partial charge on any atom is -0.457 e. The van der Waals surface area contributed by atoms with Crippen LogP contribution in [0.2, 0.25) is 0 Å². The van der Waals surface area contributed by atoms with Gasteiger partial charge in [0.2, 0.25) is 13.6 Å². The van der Waals surface area contributed by atoms with Gasteiger partial charge in [0.25, 0.3) is 0 Å². The third kappa shape index (κ3) is 2.28. The molecule has 2 aromatic carbocycles. The van der Waals surface area contributed by atoms with E-state index in [4.69, 9.17) is 18.9 Å². The van der Waals surface area contributed by atoms with E-state index in [0.717, 1.165) is 27.8 Å². The minimum absolute atomic E-state index is 0.130. The standard InChI is InChI=1S/C18H18O5/c1-10(2)3-4-12(19)11-7-15-16-13(20-8-22-15)5-6-14-17(16)18(11)23-9-21-14/h3,5-7,12,19H,4,8-9H2,1-2H3/t12-/m0/s1. The van der Waals surface area contributed by atoms with Crippen LogP contribution in [0.15, 0.2) is 29.8 Å². The van der Waals surface area contributed by atoms with E-state index in [2.05, 4.69) is 0 Å². The molecule has 0 spiro atoms. The molecule has 2 aliphatic heterocycles. The first kappa shape index (κ1) is 14.2. The van der Waals surface area contributed by atoms with Crippen LogP contribution in [0.4, 0.5) is 0 Å². The normalized spacial score (nSPS) is 15.8. The predicted octanol–water partition coefficient (Wildman–Crippen LogP) is 3.69. The molecule has 5 nitrogen and oxygen atoms in total. The van der Waals surface area contributed by atoms with Gasteiger partial charge in [0, 0.05) is 5.56 Å². The zero-order valence-corrected chi connectivity index (χ0v) is 13.1. The van der Waals surface area contributed by atoms with Crippen molar-refractivity contribution < 1.29 is 24.1 Å². The van der Waals surface area contributed by atoms with Crippen molar-refractivity contribution in [2.45, 2.75) is 26.4 Å². The number of hydrogen-bond donors (Lipinski definition) is 1. The molecule has 1 atom stereocenters. The monoisotopic (exact) mass is 314 g/mol. The van der Waals surface area contributed by atoms with E-state index in [1.807, 2.05) is 38.1 Å². The number of aliphatic hydroxyl groups excluding tert-OH is 1. The van der Waals surface area contributed by atoms with Crippen LogP contribution in [-0.2, 0) is 0 Å². The van der Waals surface area contributed by atoms with Crippen LogP contribution >= 0.6 is 0 Å². The molecule has 0 saturated heterocycles. The van der Waals surface area contributed by atoms with Gasteiger partial charge in [0.1, 0.15) is 23.0 Å². The molecule has 0 aromatic heterocycles. The van der Waals surface area contributed by atoms with Gasteiger partial charge >= 0.3 is 0 Å². The summed E-state index contributed by atoms with van der Waals surface area (Å²) in [4.78, 5) is 0. The molecule has 0 radical (unpaired) electrons. The van der Waals surface area contributed by atoms with Crippen molar-refractivity contribution >= 4 is 10.8 Å². The molecule has 2 heterocycles. The summed E-state index contributed by atoms with van der Waals surface area (Å²) in [5.74, 6) is 2.80.